The van der Waals surface area contributed by atoms with Crippen LogP contribution in [0.15, 0.2) is 54.0 Å². The molecule has 1 heterocycles. The Kier molecular flexibility index (Phi) is 8.55. The molecule has 0 aromatic heterocycles. The molecule has 33 heavy (non-hydrogen) atoms. The van der Waals surface area contributed by atoms with Crippen molar-refractivity contribution in [3.05, 3.63) is 75.7 Å². The van der Waals surface area contributed by atoms with E-state index in [9.17, 15) is 9.59 Å². The van der Waals surface area contributed by atoms with Crippen LogP contribution in [-0.4, -0.2) is 39.4 Å². The number of carbonyl (C=O) groups excluding carboxylic acids is 1. The minimum atomic E-state index is -1.12. The highest BCUT2D eigenvalue weighted by atomic mass is 35.5. The Morgan fingerprint density at radius 1 is 1.27 bits per heavy atom. The smallest absolute Gasteiger partial charge is 0.323 e. The van der Waals surface area contributed by atoms with Gasteiger partial charge in [-0.1, -0.05) is 53.8 Å². The average molecular weight is 504 g/mol. The molecule has 0 saturated carbocycles. The number of carbonyl (C=O) groups is 2. The van der Waals surface area contributed by atoms with Crippen molar-refractivity contribution in [2.45, 2.75) is 20.0 Å². The van der Waals surface area contributed by atoms with Crippen LogP contribution >= 0.6 is 35.6 Å². The predicted octanol–water partition coefficient (Wildman–Crippen LogP) is 5.33. The van der Waals surface area contributed by atoms with Gasteiger partial charge in [-0.15, -0.1) is 6.58 Å². The van der Waals surface area contributed by atoms with Gasteiger partial charge in [-0.25, -0.2) is 0 Å². The van der Waals surface area contributed by atoms with Gasteiger partial charge in [-0.3, -0.25) is 14.5 Å². The van der Waals surface area contributed by atoms with Gasteiger partial charge in [0.25, 0.3) is 5.91 Å². The first kappa shape index (κ1) is 24.8. The Hall–Kier alpha value is -2.81. The van der Waals surface area contributed by atoms with E-state index >= 15 is 0 Å². The largest absolute Gasteiger partial charge is 0.490 e. The number of amides is 1. The number of aliphatic carboxylic acids is 1. The number of benzene rings is 2. The van der Waals surface area contributed by atoms with Crippen LogP contribution in [0.4, 0.5) is 0 Å². The molecule has 0 unspecified atom stereocenters. The molecule has 172 valence electrons. The zero-order valence-corrected chi connectivity index (χ0v) is 20.3. The maximum Gasteiger partial charge on any atom is 0.323 e. The number of carboxylic acids is 1. The molecular formula is C24H22ClNO5S2. The molecule has 1 N–H and O–H groups in total. The van der Waals surface area contributed by atoms with E-state index in [1.165, 1.54) is 0 Å². The Morgan fingerprint density at radius 3 is 2.64 bits per heavy atom. The summed E-state index contributed by atoms with van der Waals surface area (Å²) in [5.74, 6) is -0.416. The summed E-state index contributed by atoms with van der Waals surface area (Å²) in [5.41, 5.74) is 2.51. The summed E-state index contributed by atoms with van der Waals surface area (Å²) in [6, 6.07) is 11.1. The molecule has 0 spiro atoms. The first-order valence-corrected chi connectivity index (χ1v) is 11.7. The van der Waals surface area contributed by atoms with Crippen molar-refractivity contribution in [1.29, 1.82) is 0 Å². The van der Waals surface area contributed by atoms with E-state index in [0.29, 0.717) is 46.6 Å². The normalized spacial score (nSPS) is 14.6. The molecule has 0 bridgehead atoms. The van der Waals surface area contributed by atoms with E-state index in [1.54, 1.807) is 30.4 Å². The summed E-state index contributed by atoms with van der Waals surface area (Å²) in [6.45, 7) is 5.99. The molecule has 2 aromatic rings. The lowest BCUT2D eigenvalue weighted by molar-refractivity contribution is -0.140. The van der Waals surface area contributed by atoms with Gasteiger partial charge in [0.2, 0.25) is 0 Å². The third-order valence-electron chi connectivity index (χ3n) is 4.58. The topological polar surface area (TPSA) is 76.1 Å². The second-order valence-corrected chi connectivity index (χ2v) is 9.12. The first-order chi connectivity index (χ1) is 15.8. The van der Waals surface area contributed by atoms with Crippen LogP contribution in [-0.2, 0) is 22.6 Å². The van der Waals surface area contributed by atoms with Crippen LogP contribution in [0.5, 0.6) is 11.5 Å². The van der Waals surface area contributed by atoms with Gasteiger partial charge in [-0.2, -0.15) is 0 Å². The highest BCUT2D eigenvalue weighted by Gasteiger charge is 2.33. The predicted molar refractivity (Wildman–Crippen MR) is 135 cm³/mol. The highest BCUT2D eigenvalue weighted by Crippen LogP contribution is 2.38. The summed E-state index contributed by atoms with van der Waals surface area (Å²) in [7, 11) is 0. The van der Waals surface area contributed by atoms with Crippen molar-refractivity contribution in [1.82, 2.24) is 4.90 Å². The van der Waals surface area contributed by atoms with Crippen LogP contribution in [0.1, 0.15) is 23.6 Å². The van der Waals surface area contributed by atoms with Gasteiger partial charge in [0.15, 0.2) is 11.5 Å². The van der Waals surface area contributed by atoms with Gasteiger partial charge >= 0.3 is 5.97 Å². The molecule has 1 saturated heterocycles. The number of hydrogen-bond donors (Lipinski definition) is 1. The molecule has 1 aliphatic rings. The molecule has 0 radical (unpaired) electrons. The van der Waals surface area contributed by atoms with E-state index in [-0.39, 0.29) is 4.32 Å². The van der Waals surface area contributed by atoms with Crippen molar-refractivity contribution in [2.24, 2.45) is 0 Å². The average Bonchev–Trinajstić information content (AvgIpc) is 3.02. The molecular weight excluding hydrogens is 482 g/mol. The fraction of sp³-hybridized carbons (Fsp3) is 0.208. The first-order valence-electron chi connectivity index (χ1n) is 10.1. The van der Waals surface area contributed by atoms with Gasteiger partial charge < -0.3 is 14.6 Å². The van der Waals surface area contributed by atoms with Crippen LogP contribution in [0, 0.1) is 0 Å². The monoisotopic (exact) mass is 503 g/mol. The minimum absolute atomic E-state index is 0.216. The Morgan fingerprint density at radius 2 is 2.00 bits per heavy atom. The van der Waals surface area contributed by atoms with Crippen molar-refractivity contribution >= 4 is 57.9 Å². The van der Waals surface area contributed by atoms with Crippen molar-refractivity contribution in [3.63, 3.8) is 0 Å². The second kappa shape index (κ2) is 11.4. The van der Waals surface area contributed by atoms with Crippen LogP contribution in [0.3, 0.4) is 0 Å². The molecule has 9 heteroatoms. The quantitative estimate of drug-likeness (QED) is 0.267. The van der Waals surface area contributed by atoms with Crippen LogP contribution < -0.4 is 9.47 Å². The van der Waals surface area contributed by atoms with E-state index in [2.05, 4.69) is 6.58 Å². The summed E-state index contributed by atoms with van der Waals surface area (Å²) in [6.07, 6.45) is 3.97. The van der Waals surface area contributed by atoms with Crippen LogP contribution in [0.25, 0.3) is 6.08 Å². The summed E-state index contributed by atoms with van der Waals surface area (Å²) >= 11 is 12.2. The molecule has 1 fully saturated rings. The number of thioether (sulfide) groups is 1. The number of ether oxygens (including phenoxy) is 2. The van der Waals surface area contributed by atoms with Crippen molar-refractivity contribution in [3.8, 4) is 11.5 Å². The second-order valence-electron chi connectivity index (χ2n) is 7.01. The van der Waals surface area contributed by atoms with Gasteiger partial charge in [-0.05, 0) is 54.8 Å². The minimum Gasteiger partial charge on any atom is -0.490 e. The number of hydrogen-bond acceptors (Lipinski definition) is 6. The fourth-order valence-electron chi connectivity index (χ4n) is 3.16. The summed E-state index contributed by atoms with van der Waals surface area (Å²) in [4.78, 5) is 25.1. The standard InChI is InChI=1S/C24H22ClNO5S2/c1-3-5-17-10-16(12-20-23(29)26(13-21(27)28)24(32)33-20)11-19(30-4-2)22(17)31-14-15-6-8-18(25)9-7-15/h3,6-12H,1,4-5,13-14H2,2H3,(H,27,28). The Bertz CT molecular complexity index is 1110. The third kappa shape index (κ3) is 6.37. The zero-order valence-electron chi connectivity index (χ0n) is 17.9. The van der Waals surface area contributed by atoms with E-state index < -0.39 is 18.4 Å². The Labute approximate surface area is 206 Å². The number of rotatable bonds is 10. The molecule has 1 amide bonds. The third-order valence-corrected chi connectivity index (χ3v) is 6.21. The van der Waals surface area contributed by atoms with Gasteiger partial charge in [0, 0.05) is 10.6 Å². The van der Waals surface area contributed by atoms with E-state index in [1.807, 2.05) is 25.1 Å². The molecule has 6 nitrogen and oxygen atoms in total. The summed E-state index contributed by atoms with van der Waals surface area (Å²) < 4.78 is 12.2. The lowest BCUT2D eigenvalue weighted by Gasteiger charge is -2.17. The van der Waals surface area contributed by atoms with E-state index in [4.69, 9.17) is 38.4 Å². The number of nitrogens with zero attached hydrogens (tertiary/aromatic N) is 1. The lowest BCUT2D eigenvalue weighted by Crippen LogP contribution is -2.33. The molecule has 0 atom stereocenters. The number of carboxylic acid groups (broad SMARTS) is 1. The van der Waals surface area contributed by atoms with Gasteiger partial charge in [0.05, 0.1) is 11.5 Å². The maximum absolute atomic E-state index is 12.6. The fourth-order valence-corrected chi connectivity index (χ4v) is 4.54. The molecule has 3 rings (SSSR count). The highest BCUT2D eigenvalue weighted by molar-refractivity contribution is 8.26. The SMILES string of the molecule is C=CCc1cc(C=C2SC(=S)N(CC(=O)O)C2=O)cc(OCC)c1OCc1ccc(Cl)cc1. The van der Waals surface area contributed by atoms with Gasteiger partial charge in [0.1, 0.15) is 17.5 Å². The number of thiocarbonyl (C=S) groups is 1. The Balaban J connectivity index is 1.93. The maximum atomic E-state index is 12.6. The molecule has 0 aliphatic carbocycles. The lowest BCUT2D eigenvalue weighted by atomic mass is 10.0. The number of allylic oxidation sites excluding steroid dienone is 1. The van der Waals surface area contributed by atoms with E-state index in [0.717, 1.165) is 27.8 Å². The van der Waals surface area contributed by atoms with Crippen molar-refractivity contribution < 1.29 is 24.2 Å². The van der Waals surface area contributed by atoms with Crippen LogP contribution in [0.2, 0.25) is 5.02 Å². The molecule has 2 aromatic carbocycles. The van der Waals surface area contributed by atoms with Crippen molar-refractivity contribution in [2.75, 3.05) is 13.2 Å². The zero-order chi connectivity index (χ0) is 24.0. The summed E-state index contributed by atoms with van der Waals surface area (Å²) in [5, 5.41) is 9.68. The molecule has 1 aliphatic heterocycles. The number of halogens is 1.